The molecule has 0 nitrogen and oxygen atoms in total. The Morgan fingerprint density at radius 2 is 1.00 bits per heavy atom. The van der Waals surface area contributed by atoms with Crippen LogP contribution in [0.1, 0.15) is 0 Å². The van der Waals surface area contributed by atoms with Gasteiger partial charge in [0.25, 0.3) is 0 Å². The zero-order chi connectivity index (χ0) is 0. The Morgan fingerprint density at radius 1 is 1.00 bits per heavy atom. The first-order valence-electron chi connectivity index (χ1n) is 0. The molecule has 0 aliphatic rings. The fourth-order valence-electron chi connectivity index (χ4n) is 0. The smallest absolute Gasteiger partial charge is 0 e. The van der Waals surface area contributed by atoms with E-state index in [1.54, 1.807) is 0 Å². The first-order chi connectivity index (χ1) is 0. The van der Waals surface area contributed by atoms with Crippen molar-refractivity contribution < 1.29 is 97.8 Å². The van der Waals surface area contributed by atoms with Crippen LogP contribution < -0.4 is 0 Å². The summed E-state index contributed by atoms with van der Waals surface area (Å²) >= 11 is 0. The van der Waals surface area contributed by atoms with E-state index in [-0.39, 0.29) is 97.8 Å². The van der Waals surface area contributed by atoms with E-state index in [1.165, 1.54) is 0 Å². The van der Waals surface area contributed by atoms with Gasteiger partial charge in [-0.05, 0) is 0 Å². The molecular formula is AgAuCuNiZn. The molecule has 0 spiro atoms. The Balaban J connectivity index is 0. The zero-order valence-corrected chi connectivity index (χ0v) is 10.5. The quantitative estimate of drug-likeness (QED) is 0.418. The van der Waals surface area contributed by atoms with Crippen molar-refractivity contribution in [3.05, 3.63) is 0 Å². The minimum atomic E-state index is 0. The van der Waals surface area contributed by atoms with Gasteiger partial charge in [0.05, 0.1) is 0 Å². The molecular weight excluding hydrogens is 492 g/mol. The van der Waals surface area contributed by atoms with Crippen molar-refractivity contribution in [2.24, 2.45) is 0 Å². The Kier molecular flexibility index (Phi) is 232. The van der Waals surface area contributed by atoms with Crippen molar-refractivity contribution in [2.45, 2.75) is 0 Å². The van der Waals surface area contributed by atoms with Crippen molar-refractivity contribution in [3.8, 4) is 0 Å². The Morgan fingerprint density at radius 3 is 1.00 bits per heavy atom. The van der Waals surface area contributed by atoms with Crippen LogP contribution in [0.25, 0.3) is 0 Å². The Bertz CT molecular complexity index is 11.6. The summed E-state index contributed by atoms with van der Waals surface area (Å²) in [5.41, 5.74) is 0. The fourth-order valence-corrected chi connectivity index (χ4v) is 0. The maximum Gasteiger partial charge on any atom is 0 e. The van der Waals surface area contributed by atoms with Crippen LogP contribution in [-0.2, 0) is 97.8 Å². The van der Waals surface area contributed by atoms with Crippen molar-refractivity contribution in [2.75, 3.05) is 0 Å². The van der Waals surface area contributed by atoms with E-state index in [4.69, 9.17) is 0 Å². The van der Waals surface area contributed by atoms with Gasteiger partial charge in [0.1, 0.15) is 0 Å². The predicted molar refractivity (Wildman–Crippen MR) is 0 cm³/mol. The van der Waals surface area contributed by atoms with Crippen LogP contribution in [0.15, 0.2) is 0 Å². The average Bonchev–Trinajstić information content (AvgIpc) is 0. The van der Waals surface area contributed by atoms with Crippen molar-refractivity contribution in [1.82, 2.24) is 0 Å². The molecule has 0 saturated heterocycles. The third kappa shape index (κ3) is 19.2. The largest absolute Gasteiger partial charge is 0 e. The maximum absolute atomic E-state index is 0. The first-order valence-corrected chi connectivity index (χ1v) is 0. The van der Waals surface area contributed by atoms with Crippen molar-refractivity contribution >= 4 is 0 Å². The maximum atomic E-state index is 0. The molecule has 5 heavy (non-hydrogen) atoms. The van der Waals surface area contributed by atoms with E-state index in [0.717, 1.165) is 0 Å². The molecule has 0 saturated carbocycles. The van der Waals surface area contributed by atoms with Crippen LogP contribution in [0.5, 0.6) is 0 Å². The molecule has 0 heterocycles. The minimum Gasteiger partial charge on any atom is 0 e. The van der Waals surface area contributed by atoms with Crippen molar-refractivity contribution in [1.29, 1.82) is 0 Å². The summed E-state index contributed by atoms with van der Waals surface area (Å²) in [5.74, 6) is 0. The third-order valence-corrected chi connectivity index (χ3v) is 0. The molecule has 45 valence electrons. The number of rotatable bonds is 0. The summed E-state index contributed by atoms with van der Waals surface area (Å²) in [5, 5.41) is 0. The van der Waals surface area contributed by atoms with Gasteiger partial charge in [-0.2, -0.15) is 0 Å². The molecule has 0 bridgehead atoms. The van der Waals surface area contributed by atoms with Gasteiger partial charge >= 0.3 is 0 Å². The van der Waals surface area contributed by atoms with Crippen LogP contribution in [0.4, 0.5) is 0 Å². The molecule has 0 unspecified atom stereocenters. The van der Waals surface area contributed by atoms with E-state index in [2.05, 4.69) is 0 Å². The van der Waals surface area contributed by atoms with Gasteiger partial charge in [-0.3, -0.25) is 0 Å². The second-order valence-corrected chi connectivity index (χ2v) is 0. The second-order valence-electron chi connectivity index (χ2n) is 0. The third-order valence-electron chi connectivity index (χ3n) is 0. The standard InChI is InChI=1S/Ag.Au.Cu.Ni.Zn. The molecule has 0 aromatic rings. The molecule has 0 aliphatic heterocycles. The first kappa shape index (κ1) is 42.3. The molecule has 0 aromatic carbocycles. The minimum absolute atomic E-state index is 0. The molecule has 0 N–H and O–H groups in total. The number of hydrogen-bond acceptors (Lipinski definition) is 0. The second kappa shape index (κ2) is 27.4. The summed E-state index contributed by atoms with van der Waals surface area (Å²) in [6.45, 7) is 0. The molecule has 0 aromatic heterocycles. The average molecular weight is 492 g/mol. The summed E-state index contributed by atoms with van der Waals surface area (Å²) in [6, 6.07) is 0. The topological polar surface area (TPSA) is 0 Å². The predicted octanol–water partition coefficient (Wildman–Crippen LogP) is -0.0125. The summed E-state index contributed by atoms with van der Waals surface area (Å²) in [7, 11) is 0. The normalized spacial score (nSPS) is 0. The van der Waals surface area contributed by atoms with Crippen LogP contribution in [0.2, 0.25) is 0 Å². The Labute approximate surface area is 96.2 Å². The Hall–Kier alpha value is 3.12. The van der Waals surface area contributed by atoms with Gasteiger partial charge in [0.15, 0.2) is 0 Å². The van der Waals surface area contributed by atoms with Crippen LogP contribution in [-0.4, -0.2) is 0 Å². The van der Waals surface area contributed by atoms with E-state index in [0.29, 0.717) is 0 Å². The summed E-state index contributed by atoms with van der Waals surface area (Å²) in [6.07, 6.45) is 0. The van der Waals surface area contributed by atoms with Crippen LogP contribution in [0, 0.1) is 0 Å². The van der Waals surface area contributed by atoms with Crippen molar-refractivity contribution in [3.63, 3.8) is 0 Å². The summed E-state index contributed by atoms with van der Waals surface area (Å²) in [4.78, 5) is 0. The molecule has 3 radical (unpaired) electrons. The fraction of sp³-hybridized carbons (Fsp3) is 0. The van der Waals surface area contributed by atoms with E-state index in [1.807, 2.05) is 0 Å². The van der Waals surface area contributed by atoms with E-state index >= 15 is 0 Å². The molecule has 0 amide bonds. The van der Waals surface area contributed by atoms with E-state index in [9.17, 15) is 0 Å². The molecule has 0 aliphatic carbocycles. The van der Waals surface area contributed by atoms with Gasteiger partial charge < -0.3 is 0 Å². The van der Waals surface area contributed by atoms with Gasteiger partial charge in [-0.1, -0.05) is 0 Å². The van der Waals surface area contributed by atoms with Gasteiger partial charge in [-0.25, -0.2) is 0 Å². The molecule has 5 heteroatoms. The zero-order valence-electron chi connectivity index (χ0n) is 1.93. The number of hydrogen-bond donors (Lipinski definition) is 0. The van der Waals surface area contributed by atoms with Crippen LogP contribution >= 0.6 is 0 Å². The van der Waals surface area contributed by atoms with Crippen LogP contribution in [0.3, 0.4) is 0 Å². The summed E-state index contributed by atoms with van der Waals surface area (Å²) < 4.78 is 0. The monoisotopic (exact) mass is 489 g/mol. The van der Waals surface area contributed by atoms with Gasteiger partial charge in [0, 0.05) is 97.8 Å². The van der Waals surface area contributed by atoms with E-state index < -0.39 is 0 Å². The van der Waals surface area contributed by atoms with Gasteiger partial charge in [-0.15, -0.1) is 0 Å². The SMILES string of the molecule is [Ag].[Au].[Cu].[Ni].[Zn]. The van der Waals surface area contributed by atoms with Gasteiger partial charge in [0.2, 0.25) is 0 Å². The molecule has 0 rings (SSSR count). The molecule has 0 fully saturated rings. The molecule has 0 atom stereocenters.